The highest BCUT2D eigenvalue weighted by Gasteiger charge is 2.47. The molecule has 0 rings (SSSR count). The number of nitrogens with zero attached hydrogens (tertiary/aromatic N) is 4. The molecule has 0 aromatic carbocycles. The highest BCUT2D eigenvalue weighted by molar-refractivity contribution is 5.43. The molecule has 0 radical (unpaired) electrons. The summed E-state index contributed by atoms with van der Waals surface area (Å²) in [7, 11) is 0. The van der Waals surface area contributed by atoms with Crippen molar-refractivity contribution in [2.24, 2.45) is 31.3 Å². The predicted octanol–water partition coefficient (Wildman–Crippen LogP) is 3.76. The maximum Gasteiger partial charge on any atom is 0.282 e. The van der Waals surface area contributed by atoms with Crippen LogP contribution in [0.4, 0.5) is 0 Å². The second-order valence-electron chi connectivity index (χ2n) is 7.40. The summed E-state index contributed by atoms with van der Waals surface area (Å²) in [5.41, 5.74) is -0.962. The smallest absolute Gasteiger partial charge is 0.211 e. The molecule has 148 valence electrons. The number of hydrogen-bond acceptors (Lipinski definition) is 8. The van der Waals surface area contributed by atoms with E-state index in [1.807, 2.05) is 6.92 Å². The zero-order valence-corrected chi connectivity index (χ0v) is 16.5. The van der Waals surface area contributed by atoms with Gasteiger partial charge in [-0.1, -0.05) is 53.4 Å². The van der Waals surface area contributed by atoms with Gasteiger partial charge in [-0.05, 0) is 25.2 Å². The van der Waals surface area contributed by atoms with Crippen LogP contribution in [0.1, 0.15) is 72.6 Å². The van der Waals surface area contributed by atoms with E-state index in [2.05, 4.69) is 26.9 Å². The molecule has 0 N–H and O–H groups in total. The molecular formula is C19H28N4O4. The first-order valence-corrected chi connectivity index (χ1v) is 9.16. The molecule has 0 aromatic rings. The normalized spacial score (nSPS) is 15.0. The molecular weight excluding hydrogens is 348 g/mol. The summed E-state index contributed by atoms with van der Waals surface area (Å²) in [6.45, 7) is 7.45. The van der Waals surface area contributed by atoms with Crippen molar-refractivity contribution in [1.82, 2.24) is 0 Å². The van der Waals surface area contributed by atoms with Crippen molar-refractivity contribution in [3.8, 4) is 0 Å². The molecule has 0 aliphatic rings. The van der Waals surface area contributed by atoms with Crippen molar-refractivity contribution in [2.75, 3.05) is 0 Å². The summed E-state index contributed by atoms with van der Waals surface area (Å²) >= 11 is 0. The van der Waals surface area contributed by atoms with Gasteiger partial charge < -0.3 is 0 Å². The van der Waals surface area contributed by atoms with Crippen LogP contribution in [0.25, 0.3) is 0 Å². The molecule has 0 amide bonds. The fourth-order valence-corrected chi connectivity index (χ4v) is 3.39. The Bertz CT molecular complexity index is 605. The van der Waals surface area contributed by atoms with Gasteiger partial charge >= 0.3 is 0 Å². The molecule has 8 nitrogen and oxygen atoms in total. The van der Waals surface area contributed by atoms with E-state index in [9.17, 15) is 19.2 Å². The molecule has 2 unspecified atom stereocenters. The Kier molecular flexibility index (Phi) is 11.6. The molecule has 0 bridgehead atoms. The first-order valence-electron chi connectivity index (χ1n) is 9.16. The Morgan fingerprint density at radius 2 is 1.41 bits per heavy atom. The summed E-state index contributed by atoms with van der Waals surface area (Å²) in [5, 5.41) is 0. The number of isocyanates is 4. The van der Waals surface area contributed by atoms with Crippen molar-refractivity contribution in [1.29, 1.82) is 0 Å². The molecule has 0 heterocycles. The minimum atomic E-state index is -1.95. The summed E-state index contributed by atoms with van der Waals surface area (Å²) < 4.78 is 0. The number of carbonyl (C=O) groups excluding carboxylic acids is 4. The van der Waals surface area contributed by atoms with Crippen molar-refractivity contribution >= 4 is 24.3 Å². The van der Waals surface area contributed by atoms with Crippen molar-refractivity contribution in [3.05, 3.63) is 0 Å². The summed E-state index contributed by atoms with van der Waals surface area (Å²) in [4.78, 5) is 57.5. The lowest BCUT2D eigenvalue weighted by Crippen LogP contribution is -2.41. The number of hydrogen-bond donors (Lipinski definition) is 0. The van der Waals surface area contributed by atoms with Crippen LogP contribution in [-0.2, 0) is 19.2 Å². The minimum absolute atomic E-state index is 0.0261. The monoisotopic (exact) mass is 376 g/mol. The van der Waals surface area contributed by atoms with E-state index in [0.29, 0.717) is 12.8 Å². The molecule has 0 fully saturated rings. The van der Waals surface area contributed by atoms with Gasteiger partial charge in [0.05, 0.1) is 6.04 Å². The van der Waals surface area contributed by atoms with Crippen LogP contribution in [0.3, 0.4) is 0 Å². The molecule has 0 saturated heterocycles. The predicted molar refractivity (Wildman–Crippen MR) is 99.9 cm³/mol. The first kappa shape index (κ1) is 24.5. The van der Waals surface area contributed by atoms with E-state index in [1.54, 1.807) is 19.9 Å². The molecule has 8 heteroatoms. The van der Waals surface area contributed by atoms with E-state index in [-0.39, 0.29) is 12.0 Å². The van der Waals surface area contributed by atoms with Crippen LogP contribution >= 0.6 is 0 Å². The Hall–Kier alpha value is -2.48. The van der Waals surface area contributed by atoms with Gasteiger partial charge in [0.1, 0.15) is 0 Å². The second kappa shape index (κ2) is 12.8. The summed E-state index contributed by atoms with van der Waals surface area (Å²) in [6, 6.07) is -0.154. The van der Waals surface area contributed by atoms with Gasteiger partial charge in [0.2, 0.25) is 24.3 Å². The topological polar surface area (TPSA) is 118 Å². The van der Waals surface area contributed by atoms with Crippen LogP contribution in [0.2, 0.25) is 0 Å². The van der Waals surface area contributed by atoms with Crippen molar-refractivity contribution in [2.45, 2.75) is 84.5 Å². The van der Waals surface area contributed by atoms with Crippen LogP contribution < -0.4 is 0 Å². The Morgan fingerprint density at radius 3 is 1.85 bits per heavy atom. The fraction of sp³-hybridized carbons (Fsp3) is 0.789. The molecule has 27 heavy (non-hydrogen) atoms. The standard InChI is InChI=1S/C19H28N4O4/c1-5-6-7-8-9-17(20-12-24)10-16(2)11-18(3,4)19(21-13-25,22-14-26)23-15-27/h16-17H,5-11H2,1-4H3. The lowest BCUT2D eigenvalue weighted by Gasteiger charge is -2.36. The maximum absolute atomic E-state index is 10.8. The zero-order chi connectivity index (χ0) is 20.8. The van der Waals surface area contributed by atoms with E-state index < -0.39 is 11.2 Å². The van der Waals surface area contributed by atoms with Crippen molar-refractivity contribution in [3.63, 3.8) is 0 Å². The summed E-state index contributed by atoms with van der Waals surface area (Å²) in [5.74, 6) is -1.92. The maximum atomic E-state index is 10.8. The average Bonchev–Trinajstić information content (AvgIpc) is 2.58. The highest BCUT2D eigenvalue weighted by Crippen LogP contribution is 2.42. The Morgan fingerprint density at radius 1 is 0.852 bits per heavy atom. The van der Waals surface area contributed by atoms with Gasteiger partial charge in [0.15, 0.2) is 0 Å². The van der Waals surface area contributed by atoms with Gasteiger partial charge in [-0.25, -0.2) is 24.2 Å². The number of aliphatic imine (C=N–C) groups is 4. The Labute approximate surface area is 160 Å². The number of unbranched alkanes of at least 4 members (excludes halogenated alkanes) is 3. The molecule has 0 saturated carbocycles. The van der Waals surface area contributed by atoms with E-state index >= 15 is 0 Å². The largest absolute Gasteiger partial charge is 0.282 e. The van der Waals surface area contributed by atoms with Crippen LogP contribution in [0.15, 0.2) is 20.0 Å². The van der Waals surface area contributed by atoms with E-state index in [4.69, 9.17) is 0 Å². The molecule has 0 spiro atoms. The fourth-order valence-electron chi connectivity index (χ4n) is 3.39. The van der Waals surface area contributed by atoms with Gasteiger partial charge in [0.25, 0.3) is 5.79 Å². The third-order valence-electron chi connectivity index (χ3n) is 4.67. The third-order valence-corrected chi connectivity index (χ3v) is 4.67. The van der Waals surface area contributed by atoms with Crippen LogP contribution in [0, 0.1) is 11.3 Å². The van der Waals surface area contributed by atoms with Gasteiger partial charge in [0, 0.05) is 5.41 Å². The van der Waals surface area contributed by atoms with Crippen molar-refractivity contribution < 1.29 is 19.2 Å². The van der Waals surface area contributed by atoms with Crippen LogP contribution in [-0.4, -0.2) is 36.1 Å². The Balaban J connectivity index is 5.31. The molecule has 0 aliphatic heterocycles. The molecule has 2 atom stereocenters. The summed E-state index contributed by atoms with van der Waals surface area (Å²) in [6.07, 6.45) is 11.7. The SMILES string of the molecule is CCCCCCC(CC(C)CC(C)(C)C(N=C=O)(N=C=O)N=C=O)N=C=O. The lowest BCUT2D eigenvalue weighted by molar-refractivity contribution is 0.137. The molecule has 0 aromatic heterocycles. The van der Waals surface area contributed by atoms with Gasteiger partial charge in [-0.15, -0.1) is 15.0 Å². The quantitative estimate of drug-likeness (QED) is 0.260. The lowest BCUT2D eigenvalue weighted by atomic mass is 9.75. The van der Waals surface area contributed by atoms with E-state index in [0.717, 1.165) is 32.1 Å². The first-order chi connectivity index (χ1) is 12.8. The average molecular weight is 376 g/mol. The van der Waals surface area contributed by atoms with Crippen LogP contribution in [0.5, 0.6) is 0 Å². The molecule has 0 aliphatic carbocycles. The third kappa shape index (κ3) is 8.17. The van der Waals surface area contributed by atoms with Gasteiger partial charge in [-0.3, -0.25) is 0 Å². The minimum Gasteiger partial charge on any atom is -0.211 e. The zero-order valence-electron chi connectivity index (χ0n) is 16.5. The highest BCUT2D eigenvalue weighted by atomic mass is 16.1. The van der Waals surface area contributed by atoms with Gasteiger partial charge in [-0.2, -0.15) is 0 Å². The van der Waals surface area contributed by atoms with E-state index in [1.165, 1.54) is 18.2 Å². The second-order valence-corrected chi connectivity index (χ2v) is 7.40. The number of rotatable bonds is 14.